The molecule has 2 saturated carbocycles. The van der Waals surface area contributed by atoms with E-state index in [1.165, 1.54) is 32.1 Å². The number of carbonyl (C=O) groups is 1. The summed E-state index contributed by atoms with van der Waals surface area (Å²) in [5.74, 6) is -0.283. The van der Waals surface area contributed by atoms with Gasteiger partial charge in [-0.1, -0.05) is 19.3 Å². The molecule has 1 atom stereocenters. The van der Waals surface area contributed by atoms with Gasteiger partial charge in [0.05, 0.1) is 0 Å². The molecule has 4 heteroatoms. The molecule has 0 aromatic rings. The van der Waals surface area contributed by atoms with E-state index in [9.17, 15) is 9.90 Å². The van der Waals surface area contributed by atoms with Crippen LogP contribution >= 0.6 is 11.8 Å². The Bertz CT molecular complexity index is 273. The molecule has 2 aliphatic rings. The van der Waals surface area contributed by atoms with E-state index in [1.807, 2.05) is 11.8 Å². The van der Waals surface area contributed by atoms with E-state index in [0.29, 0.717) is 10.7 Å². The number of rotatable bonds is 6. The molecular formula is C13H23NO2S. The molecule has 0 radical (unpaired) electrons. The smallest absolute Gasteiger partial charge is 0.320 e. The lowest BCUT2D eigenvalue weighted by molar-refractivity contribution is -0.140. The normalized spacial score (nSPS) is 25.5. The highest BCUT2D eigenvalue weighted by Crippen LogP contribution is 2.39. The molecule has 0 spiro atoms. The van der Waals surface area contributed by atoms with Gasteiger partial charge in [0.25, 0.3) is 0 Å². The Balaban J connectivity index is 1.87. The highest BCUT2D eigenvalue weighted by molar-refractivity contribution is 8.00. The number of nitrogens with one attached hydrogen (secondary N) is 1. The molecule has 0 bridgehead atoms. The summed E-state index contributed by atoms with van der Waals surface area (Å²) in [6, 6.07) is -0.305. The van der Waals surface area contributed by atoms with Gasteiger partial charge in [-0.15, -0.1) is 0 Å². The molecule has 0 aromatic heterocycles. The minimum Gasteiger partial charge on any atom is -0.480 e. The Hall–Kier alpha value is -0.220. The maximum atomic E-state index is 11.2. The van der Waals surface area contributed by atoms with Crippen LogP contribution in [0.15, 0.2) is 0 Å². The molecule has 98 valence electrons. The van der Waals surface area contributed by atoms with Crippen molar-refractivity contribution in [3.8, 4) is 0 Å². The fourth-order valence-corrected chi connectivity index (χ4v) is 3.75. The molecule has 2 N–H and O–H groups in total. The van der Waals surface area contributed by atoms with Gasteiger partial charge in [-0.2, -0.15) is 11.8 Å². The highest BCUT2D eigenvalue weighted by atomic mass is 32.2. The van der Waals surface area contributed by atoms with Gasteiger partial charge >= 0.3 is 5.97 Å². The van der Waals surface area contributed by atoms with Crippen LogP contribution in [0.2, 0.25) is 0 Å². The number of aliphatic carboxylic acids is 1. The van der Waals surface area contributed by atoms with Gasteiger partial charge < -0.3 is 10.4 Å². The molecule has 0 saturated heterocycles. The maximum Gasteiger partial charge on any atom is 0.320 e. The van der Waals surface area contributed by atoms with Crippen molar-refractivity contribution in [2.75, 3.05) is 12.8 Å². The van der Waals surface area contributed by atoms with Crippen LogP contribution in [-0.4, -0.2) is 34.7 Å². The summed E-state index contributed by atoms with van der Waals surface area (Å²) >= 11 is 1.92. The molecule has 2 fully saturated rings. The van der Waals surface area contributed by atoms with Gasteiger partial charge in [-0.25, -0.2) is 0 Å². The second kappa shape index (κ2) is 5.61. The molecule has 2 aliphatic carbocycles. The molecule has 0 heterocycles. The standard InChI is InChI=1S/C13H23NO2S/c1-17-13(7-3-2-4-8-13)9-14-11(12(15)16)10-5-6-10/h10-11,14H,2-9H2,1H3,(H,15,16). The van der Waals surface area contributed by atoms with Crippen LogP contribution in [0.3, 0.4) is 0 Å². The summed E-state index contributed by atoms with van der Waals surface area (Å²) in [6.07, 6.45) is 10.7. The first-order chi connectivity index (χ1) is 8.17. The van der Waals surface area contributed by atoms with E-state index in [2.05, 4.69) is 11.6 Å². The minimum absolute atomic E-state index is 0.293. The van der Waals surface area contributed by atoms with E-state index in [1.54, 1.807) is 0 Å². The second-order valence-corrected chi connectivity index (χ2v) is 6.76. The van der Waals surface area contributed by atoms with E-state index >= 15 is 0 Å². The lowest BCUT2D eigenvalue weighted by Crippen LogP contribution is -2.47. The summed E-state index contributed by atoms with van der Waals surface area (Å²) < 4.78 is 0.293. The van der Waals surface area contributed by atoms with Crippen molar-refractivity contribution in [1.29, 1.82) is 0 Å². The number of carboxylic acid groups (broad SMARTS) is 1. The monoisotopic (exact) mass is 257 g/mol. The Morgan fingerprint density at radius 1 is 1.41 bits per heavy atom. The zero-order chi connectivity index (χ0) is 12.3. The Morgan fingerprint density at radius 2 is 2.06 bits per heavy atom. The van der Waals surface area contributed by atoms with Crippen LogP contribution in [0, 0.1) is 5.92 Å². The molecule has 17 heavy (non-hydrogen) atoms. The molecule has 0 aromatic carbocycles. The number of hydrogen-bond donors (Lipinski definition) is 2. The maximum absolute atomic E-state index is 11.2. The van der Waals surface area contributed by atoms with Gasteiger partial charge in [0.1, 0.15) is 6.04 Å². The molecule has 2 rings (SSSR count). The van der Waals surface area contributed by atoms with E-state index in [0.717, 1.165) is 19.4 Å². The van der Waals surface area contributed by atoms with Crippen molar-refractivity contribution in [3.05, 3.63) is 0 Å². The molecular weight excluding hydrogens is 234 g/mol. The number of hydrogen-bond acceptors (Lipinski definition) is 3. The number of thioether (sulfide) groups is 1. The summed E-state index contributed by atoms with van der Waals surface area (Å²) in [4.78, 5) is 11.2. The Labute approximate surface area is 108 Å². The Kier molecular flexibility index (Phi) is 4.36. The summed E-state index contributed by atoms with van der Waals surface area (Å²) in [6.45, 7) is 0.863. The van der Waals surface area contributed by atoms with Crippen molar-refractivity contribution >= 4 is 17.7 Å². The molecule has 0 aliphatic heterocycles. The van der Waals surface area contributed by atoms with E-state index < -0.39 is 5.97 Å². The van der Waals surface area contributed by atoms with Crippen molar-refractivity contribution in [2.24, 2.45) is 5.92 Å². The lowest BCUT2D eigenvalue weighted by Gasteiger charge is -2.36. The average molecular weight is 257 g/mol. The minimum atomic E-state index is -0.667. The predicted molar refractivity (Wildman–Crippen MR) is 71.5 cm³/mol. The third-order valence-corrected chi connectivity index (χ3v) is 5.62. The third kappa shape index (κ3) is 3.38. The first kappa shape index (κ1) is 13.2. The van der Waals surface area contributed by atoms with Crippen LogP contribution in [0.1, 0.15) is 44.9 Å². The molecule has 1 unspecified atom stereocenters. The van der Waals surface area contributed by atoms with Crippen LogP contribution in [0.4, 0.5) is 0 Å². The summed E-state index contributed by atoms with van der Waals surface area (Å²) in [5.41, 5.74) is 0. The molecule has 0 amide bonds. The van der Waals surface area contributed by atoms with Gasteiger partial charge in [0.2, 0.25) is 0 Å². The van der Waals surface area contributed by atoms with Crippen molar-refractivity contribution < 1.29 is 9.90 Å². The van der Waals surface area contributed by atoms with E-state index in [-0.39, 0.29) is 6.04 Å². The van der Waals surface area contributed by atoms with Gasteiger partial charge in [0, 0.05) is 11.3 Å². The van der Waals surface area contributed by atoms with Crippen LogP contribution in [0.25, 0.3) is 0 Å². The second-order valence-electron chi connectivity index (χ2n) is 5.48. The van der Waals surface area contributed by atoms with Crippen LogP contribution < -0.4 is 5.32 Å². The first-order valence-electron chi connectivity index (χ1n) is 6.68. The zero-order valence-electron chi connectivity index (χ0n) is 10.6. The summed E-state index contributed by atoms with van der Waals surface area (Å²) in [5, 5.41) is 12.5. The lowest BCUT2D eigenvalue weighted by atomic mass is 9.88. The van der Waals surface area contributed by atoms with Gasteiger partial charge in [-0.05, 0) is 37.9 Å². The first-order valence-corrected chi connectivity index (χ1v) is 7.91. The quantitative estimate of drug-likeness (QED) is 0.767. The van der Waals surface area contributed by atoms with Gasteiger partial charge in [0.15, 0.2) is 0 Å². The van der Waals surface area contributed by atoms with Crippen molar-refractivity contribution in [1.82, 2.24) is 5.32 Å². The highest BCUT2D eigenvalue weighted by Gasteiger charge is 2.38. The number of carboxylic acids is 1. The van der Waals surface area contributed by atoms with Gasteiger partial charge in [-0.3, -0.25) is 4.79 Å². The fraction of sp³-hybridized carbons (Fsp3) is 0.923. The van der Waals surface area contributed by atoms with Crippen molar-refractivity contribution in [2.45, 2.75) is 55.7 Å². The summed E-state index contributed by atoms with van der Waals surface area (Å²) in [7, 11) is 0. The average Bonchev–Trinajstić information content (AvgIpc) is 3.14. The topological polar surface area (TPSA) is 49.3 Å². The Morgan fingerprint density at radius 3 is 2.53 bits per heavy atom. The van der Waals surface area contributed by atoms with Crippen LogP contribution in [0.5, 0.6) is 0 Å². The SMILES string of the molecule is CSC1(CNC(C(=O)O)C2CC2)CCCCC1. The fourth-order valence-electron chi connectivity index (χ4n) is 2.83. The van der Waals surface area contributed by atoms with E-state index in [4.69, 9.17) is 0 Å². The largest absolute Gasteiger partial charge is 0.480 e. The molecule has 3 nitrogen and oxygen atoms in total. The zero-order valence-corrected chi connectivity index (χ0v) is 11.4. The van der Waals surface area contributed by atoms with Crippen LogP contribution in [-0.2, 0) is 4.79 Å². The third-order valence-electron chi connectivity index (χ3n) is 4.20. The predicted octanol–water partition coefficient (Wildman–Crippen LogP) is 2.51. The van der Waals surface area contributed by atoms with Crippen molar-refractivity contribution in [3.63, 3.8) is 0 Å².